The minimum absolute atomic E-state index is 0.0177. The summed E-state index contributed by atoms with van der Waals surface area (Å²) in [5.74, 6) is 0.206. The third-order valence-electron chi connectivity index (χ3n) is 3.72. The van der Waals surface area contributed by atoms with E-state index in [4.69, 9.17) is 4.42 Å². The summed E-state index contributed by atoms with van der Waals surface area (Å²) in [5, 5.41) is 3.99. The molecule has 0 N–H and O–H groups in total. The topological polar surface area (TPSA) is 93.4 Å². The highest BCUT2D eigenvalue weighted by Crippen LogP contribution is 2.32. The van der Waals surface area contributed by atoms with Crippen LogP contribution in [0.3, 0.4) is 0 Å². The van der Waals surface area contributed by atoms with Gasteiger partial charge in [0.15, 0.2) is 19.8 Å². The van der Waals surface area contributed by atoms with E-state index in [1.165, 1.54) is 12.5 Å². The standard InChI is InChI=1S/C13H15N3O4S2/c1-22(18,19)13-11(14-15-21-13)9-4-6-16(7-5-9)12(17)10-3-2-8-20-10/h2-3,8-9H,4-7H2,1H3. The number of carbonyl (C=O) groups excluding carboxylic acids is 1. The van der Waals surface area contributed by atoms with Gasteiger partial charge in [-0.05, 0) is 25.0 Å². The fourth-order valence-corrected chi connectivity index (χ4v) is 4.34. The van der Waals surface area contributed by atoms with Gasteiger partial charge in [-0.15, -0.1) is 5.10 Å². The number of furan rings is 1. The molecule has 0 atom stereocenters. The predicted octanol–water partition coefficient (Wildman–Crippen LogP) is 1.55. The molecular formula is C13H15N3O4S2. The van der Waals surface area contributed by atoms with Crippen molar-refractivity contribution in [2.45, 2.75) is 23.0 Å². The molecule has 2 aromatic rings. The third kappa shape index (κ3) is 2.91. The lowest BCUT2D eigenvalue weighted by molar-refractivity contribution is 0.0679. The monoisotopic (exact) mass is 341 g/mol. The molecule has 1 amide bonds. The van der Waals surface area contributed by atoms with Gasteiger partial charge in [-0.2, -0.15) is 0 Å². The molecule has 3 heterocycles. The van der Waals surface area contributed by atoms with Gasteiger partial charge in [0.1, 0.15) is 0 Å². The van der Waals surface area contributed by atoms with Gasteiger partial charge >= 0.3 is 0 Å². The Hall–Kier alpha value is -1.74. The van der Waals surface area contributed by atoms with Crippen LogP contribution >= 0.6 is 11.5 Å². The van der Waals surface area contributed by atoms with Crippen LogP contribution in [0.4, 0.5) is 0 Å². The molecule has 1 saturated heterocycles. The molecule has 0 aromatic carbocycles. The Morgan fingerprint density at radius 1 is 1.41 bits per heavy atom. The van der Waals surface area contributed by atoms with Gasteiger partial charge in [0.2, 0.25) is 0 Å². The van der Waals surface area contributed by atoms with Gasteiger partial charge in [-0.3, -0.25) is 4.79 Å². The summed E-state index contributed by atoms with van der Waals surface area (Å²) in [4.78, 5) is 13.9. The summed E-state index contributed by atoms with van der Waals surface area (Å²) in [6, 6.07) is 3.32. The molecule has 7 nitrogen and oxygen atoms in total. The number of hydrogen-bond donors (Lipinski definition) is 0. The highest BCUT2D eigenvalue weighted by atomic mass is 32.2. The first-order chi connectivity index (χ1) is 10.5. The van der Waals surface area contributed by atoms with Crippen molar-refractivity contribution in [3.8, 4) is 0 Å². The van der Waals surface area contributed by atoms with Crippen molar-refractivity contribution >= 4 is 27.3 Å². The lowest BCUT2D eigenvalue weighted by atomic mass is 9.94. The Balaban J connectivity index is 1.70. The Kier molecular flexibility index (Phi) is 4.00. The number of amides is 1. The van der Waals surface area contributed by atoms with Gasteiger partial charge in [-0.25, -0.2) is 8.42 Å². The lowest BCUT2D eigenvalue weighted by Gasteiger charge is -2.30. The van der Waals surface area contributed by atoms with Gasteiger partial charge < -0.3 is 9.32 Å². The van der Waals surface area contributed by atoms with Crippen molar-refractivity contribution in [1.29, 1.82) is 0 Å². The quantitative estimate of drug-likeness (QED) is 0.841. The predicted molar refractivity (Wildman–Crippen MR) is 79.6 cm³/mol. The first-order valence-electron chi connectivity index (χ1n) is 6.82. The first kappa shape index (κ1) is 15.2. The minimum Gasteiger partial charge on any atom is -0.459 e. The summed E-state index contributed by atoms with van der Waals surface area (Å²) in [5.41, 5.74) is 0.539. The SMILES string of the molecule is CS(=O)(=O)c1snnc1C1CCN(C(=O)c2ccco2)CC1. The normalized spacial score (nSPS) is 16.9. The molecule has 118 valence electrons. The van der Waals surface area contributed by atoms with E-state index in [1.54, 1.807) is 17.0 Å². The molecule has 2 aromatic heterocycles. The summed E-state index contributed by atoms with van der Waals surface area (Å²) < 4.78 is 32.6. The Morgan fingerprint density at radius 2 is 2.14 bits per heavy atom. The molecule has 0 spiro atoms. The molecule has 3 rings (SSSR count). The molecule has 0 bridgehead atoms. The zero-order valence-electron chi connectivity index (χ0n) is 11.9. The highest BCUT2D eigenvalue weighted by Gasteiger charge is 2.31. The fourth-order valence-electron chi connectivity index (χ4n) is 2.61. The van der Waals surface area contributed by atoms with E-state index in [-0.39, 0.29) is 16.0 Å². The van der Waals surface area contributed by atoms with Gasteiger partial charge in [0, 0.05) is 36.8 Å². The zero-order chi connectivity index (χ0) is 15.7. The summed E-state index contributed by atoms with van der Waals surface area (Å²) in [6.07, 6.45) is 3.97. The number of rotatable bonds is 3. The van der Waals surface area contributed by atoms with E-state index in [0.717, 1.165) is 11.5 Å². The maximum Gasteiger partial charge on any atom is 0.289 e. The first-order valence-corrected chi connectivity index (χ1v) is 9.48. The second-order valence-corrected chi connectivity index (χ2v) is 8.23. The van der Waals surface area contributed by atoms with E-state index in [1.807, 2.05) is 0 Å². The van der Waals surface area contributed by atoms with Crippen LogP contribution in [0.25, 0.3) is 0 Å². The number of piperidine rings is 1. The number of aromatic nitrogens is 2. The third-order valence-corrected chi connectivity index (χ3v) is 6.27. The van der Waals surface area contributed by atoms with Crippen LogP contribution in [0.5, 0.6) is 0 Å². The number of carbonyl (C=O) groups is 1. The Bertz CT molecular complexity index is 759. The van der Waals surface area contributed by atoms with Gasteiger partial charge in [0.25, 0.3) is 5.91 Å². The van der Waals surface area contributed by atoms with Crippen molar-refractivity contribution in [2.75, 3.05) is 19.3 Å². The van der Waals surface area contributed by atoms with Crippen molar-refractivity contribution in [3.63, 3.8) is 0 Å². The van der Waals surface area contributed by atoms with Crippen LogP contribution in [0.1, 0.15) is 35.0 Å². The number of likely N-dealkylation sites (tertiary alicyclic amines) is 1. The van der Waals surface area contributed by atoms with Crippen LogP contribution in [-0.4, -0.2) is 48.2 Å². The number of sulfone groups is 1. The Morgan fingerprint density at radius 3 is 2.73 bits per heavy atom. The molecular weight excluding hydrogens is 326 g/mol. The van der Waals surface area contributed by atoms with Crippen LogP contribution in [-0.2, 0) is 9.84 Å². The smallest absolute Gasteiger partial charge is 0.289 e. The van der Waals surface area contributed by atoms with Crippen LogP contribution in [0.2, 0.25) is 0 Å². The second kappa shape index (κ2) is 5.81. The molecule has 0 aliphatic carbocycles. The van der Waals surface area contributed by atoms with E-state index in [2.05, 4.69) is 9.59 Å². The Labute approximate surface area is 132 Å². The van der Waals surface area contributed by atoms with Crippen molar-refractivity contribution < 1.29 is 17.6 Å². The van der Waals surface area contributed by atoms with E-state index in [9.17, 15) is 13.2 Å². The molecule has 1 aliphatic rings. The molecule has 0 unspecified atom stereocenters. The molecule has 0 saturated carbocycles. The van der Waals surface area contributed by atoms with Gasteiger partial charge in [-0.1, -0.05) is 4.49 Å². The fraction of sp³-hybridized carbons (Fsp3) is 0.462. The second-order valence-electron chi connectivity index (χ2n) is 5.26. The molecule has 22 heavy (non-hydrogen) atoms. The summed E-state index contributed by atoms with van der Waals surface area (Å²) >= 11 is 0.911. The number of nitrogens with zero attached hydrogens (tertiary/aromatic N) is 3. The maximum absolute atomic E-state index is 12.2. The zero-order valence-corrected chi connectivity index (χ0v) is 13.6. The molecule has 1 fully saturated rings. The average Bonchev–Trinajstić information content (AvgIpc) is 3.17. The van der Waals surface area contributed by atoms with Crippen LogP contribution in [0.15, 0.2) is 27.0 Å². The largest absolute Gasteiger partial charge is 0.459 e. The minimum atomic E-state index is -3.31. The van der Waals surface area contributed by atoms with Crippen LogP contribution in [0, 0.1) is 0 Å². The summed E-state index contributed by atoms with van der Waals surface area (Å²) in [7, 11) is -3.31. The highest BCUT2D eigenvalue weighted by molar-refractivity contribution is 7.92. The lowest BCUT2D eigenvalue weighted by Crippen LogP contribution is -2.38. The number of hydrogen-bond acceptors (Lipinski definition) is 7. The van der Waals surface area contributed by atoms with Crippen molar-refractivity contribution in [3.05, 3.63) is 29.9 Å². The summed E-state index contributed by atoms with van der Waals surface area (Å²) in [6.45, 7) is 1.09. The molecule has 1 aliphatic heterocycles. The maximum atomic E-state index is 12.2. The van der Waals surface area contributed by atoms with Crippen LogP contribution < -0.4 is 0 Å². The van der Waals surface area contributed by atoms with E-state index < -0.39 is 9.84 Å². The molecule has 9 heteroatoms. The van der Waals surface area contributed by atoms with E-state index in [0.29, 0.717) is 37.4 Å². The van der Waals surface area contributed by atoms with Crippen molar-refractivity contribution in [2.24, 2.45) is 0 Å². The van der Waals surface area contributed by atoms with E-state index >= 15 is 0 Å². The van der Waals surface area contributed by atoms with Gasteiger partial charge in [0.05, 0.1) is 12.0 Å². The van der Waals surface area contributed by atoms with Crippen molar-refractivity contribution in [1.82, 2.24) is 14.5 Å². The average molecular weight is 341 g/mol. The molecule has 0 radical (unpaired) electrons.